The third kappa shape index (κ3) is 1.73. The van der Waals surface area contributed by atoms with Crippen molar-refractivity contribution >= 4 is 17.4 Å². The molecule has 3 rings (SSSR count). The smallest absolute Gasteiger partial charge is 0.185 e. The van der Waals surface area contributed by atoms with Gasteiger partial charge in [0, 0.05) is 6.08 Å². The zero-order valence-electron chi connectivity index (χ0n) is 10.2. The fourth-order valence-electron chi connectivity index (χ4n) is 2.38. The second kappa shape index (κ2) is 4.11. The van der Waals surface area contributed by atoms with Crippen LogP contribution in [0.4, 0.5) is 0 Å². The average Bonchev–Trinajstić information content (AvgIpc) is 2.68. The number of rotatable bonds is 1. The van der Waals surface area contributed by atoms with E-state index in [2.05, 4.69) is 55.0 Å². The highest BCUT2D eigenvalue weighted by Gasteiger charge is 2.24. The zero-order chi connectivity index (χ0) is 11.8. The van der Waals surface area contributed by atoms with Crippen LogP contribution in [0.25, 0.3) is 16.6 Å². The predicted molar refractivity (Wildman–Crippen MR) is 73.0 cm³/mol. The van der Waals surface area contributed by atoms with Crippen molar-refractivity contribution in [1.82, 2.24) is 0 Å². The molecule has 0 saturated heterocycles. The van der Waals surface area contributed by atoms with Gasteiger partial charge < -0.3 is 0 Å². The van der Waals surface area contributed by atoms with Crippen molar-refractivity contribution in [2.24, 2.45) is 7.05 Å². The minimum Gasteiger partial charge on any atom is -0.185 e. The van der Waals surface area contributed by atoms with Gasteiger partial charge >= 0.3 is 0 Å². The number of aryl methyl sites for hydroxylation is 2. The highest BCUT2D eigenvalue weighted by atomic mass is 32.1. The molecular formula is C15H16NS+. The molecule has 1 aromatic heterocycles. The Morgan fingerprint density at radius 1 is 1.24 bits per heavy atom. The van der Waals surface area contributed by atoms with Gasteiger partial charge in [0.25, 0.3) is 5.01 Å². The molecule has 1 aliphatic rings. The Morgan fingerprint density at radius 2 is 2.06 bits per heavy atom. The van der Waals surface area contributed by atoms with Crippen LogP contribution in [0.2, 0.25) is 0 Å². The summed E-state index contributed by atoms with van der Waals surface area (Å²) < 4.78 is 2.33. The maximum atomic E-state index is 2.33. The van der Waals surface area contributed by atoms with Crippen LogP contribution in [0.15, 0.2) is 30.3 Å². The maximum absolute atomic E-state index is 2.33. The summed E-state index contributed by atoms with van der Waals surface area (Å²) in [5.41, 5.74) is 4.10. The first-order chi connectivity index (χ1) is 8.27. The molecule has 0 saturated carbocycles. The lowest BCUT2D eigenvalue weighted by Crippen LogP contribution is -2.32. The number of fused-ring (bicyclic) bond motifs is 1. The van der Waals surface area contributed by atoms with E-state index in [0.717, 1.165) is 0 Å². The van der Waals surface area contributed by atoms with Gasteiger partial charge in [-0.25, -0.2) is 0 Å². The van der Waals surface area contributed by atoms with E-state index in [1.165, 1.54) is 39.5 Å². The Bertz CT molecular complexity index is 593. The highest BCUT2D eigenvalue weighted by molar-refractivity contribution is 7.14. The summed E-state index contributed by atoms with van der Waals surface area (Å²) in [7, 11) is 2.17. The second-order valence-corrected chi connectivity index (χ2v) is 5.61. The Balaban J connectivity index is 2.20. The molecule has 0 amide bonds. The summed E-state index contributed by atoms with van der Waals surface area (Å²) in [6.45, 7) is 2.18. The Hall–Kier alpha value is -1.41. The van der Waals surface area contributed by atoms with Crippen molar-refractivity contribution in [2.75, 3.05) is 0 Å². The number of nitrogens with zero attached hydrogens (tertiary/aromatic N) is 1. The van der Waals surface area contributed by atoms with Gasteiger partial charge in [-0.1, -0.05) is 35.6 Å². The predicted octanol–water partition coefficient (Wildman–Crippen LogP) is 3.51. The van der Waals surface area contributed by atoms with Gasteiger partial charge in [-0.2, -0.15) is 4.57 Å². The van der Waals surface area contributed by atoms with Crippen molar-refractivity contribution in [3.05, 3.63) is 46.5 Å². The lowest BCUT2D eigenvalue weighted by atomic mass is 10.1. The van der Waals surface area contributed by atoms with E-state index in [1.807, 2.05) is 11.3 Å². The summed E-state index contributed by atoms with van der Waals surface area (Å²) in [6.07, 6.45) is 6.91. The SMILES string of the molecule is Cc1ccccc1-c1sc2c([n+]1C)C=CCC2. The Morgan fingerprint density at radius 3 is 2.82 bits per heavy atom. The summed E-state index contributed by atoms with van der Waals surface area (Å²) in [5.74, 6) is 0. The molecule has 1 aromatic carbocycles. The molecule has 0 N–H and O–H groups in total. The van der Waals surface area contributed by atoms with Crippen molar-refractivity contribution < 1.29 is 4.57 Å². The first kappa shape index (κ1) is 10.7. The second-order valence-electron chi connectivity index (χ2n) is 4.53. The van der Waals surface area contributed by atoms with Crippen LogP contribution in [0.5, 0.6) is 0 Å². The van der Waals surface area contributed by atoms with Crippen LogP contribution in [-0.4, -0.2) is 0 Å². The van der Waals surface area contributed by atoms with E-state index >= 15 is 0 Å². The number of aromatic nitrogens is 1. The molecule has 2 aromatic rings. The molecule has 0 radical (unpaired) electrons. The number of benzene rings is 1. The normalized spacial score (nSPS) is 13.8. The summed E-state index contributed by atoms with van der Waals surface area (Å²) in [4.78, 5) is 1.52. The first-order valence-corrected chi connectivity index (χ1v) is 6.83. The van der Waals surface area contributed by atoms with Crippen LogP contribution >= 0.6 is 11.3 Å². The van der Waals surface area contributed by atoms with E-state index in [9.17, 15) is 0 Å². The lowest BCUT2D eigenvalue weighted by molar-refractivity contribution is -0.658. The largest absolute Gasteiger partial charge is 0.269 e. The van der Waals surface area contributed by atoms with Gasteiger partial charge in [0.15, 0.2) is 0 Å². The number of hydrogen-bond donors (Lipinski definition) is 0. The van der Waals surface area contributed by atoms with E-state index in [-0.39, 0.29) is 0 Å². The molecule has 0 fully saturated rings. The third-order valence-electron chi connectivity index (χ3n) is 3.36. The van der Waals surface area contributed by atoms with Crippen molar-refractivity contribution in [1.29, 1.82) is 0 Å². The van der Waals surface area contributed by atoms with Gasteiger partial charge in [-0.05, 0) is 31.4 Å². The monoisotopic (exact) mass is 242 g/mol. The van der Waals surface area contributed by atoms with Crippen LogP contribution in [0.3, 0.4) is 0 Å². The van der Waals surface area contributed by atoms with E-state index < -0.39 is 0 Å². The molecule has 1 heterocycles. The van der Waals surface area contributed by atoms with E-state index in [1.54, 1.807) is 0 Å². The van der Waals surface area contributed by atoms with Crippen molar-refractivity contribution in [3.8, 4) is 10.6 Å². The number of allylic oxidation sites excluding steroid dienone is 1. The van der Waals surface area contributed by atoms with Gasteiger partial charge in [0.05, 0.1) is 10.4 Å². The zero-order valence-corrected chi connectivity index (χ0v) is 11.1. The van der Waals surface area contributed by atoms with Crippen LogP contribution in [-0.2, 0) is 13.5 Å². The number of hydrogen-bond acceptors (Lipinski definition) is 1. The quantitative estimate of drug-likeness (QED) is 0.674. The highest BCUT2D eigenvalue weighted by Crippen LogP contribution is 2.31. The standard InChI is InChI=1S/C15H16NS/c1-11-7-3-4-8-12(11)15-16(2)13-9-5-6-10-14(13)17-15/h3-5,7-9H,6,10H2,1-2H3/q+1. The fraction of sp³-hybridized carbons (Fsp3) is 0.267. The fourth-order valence-corrected chi connectivity index (χ4v) is 3.71. The van der Waals surface area contributed by atoms with Gasteiger partial charge in [0.2, 0.25) is 5.69 Å². The minimum absolute atomic E-state index is 1.18. The van der Waals surface area contributed by atoms with Crippen LogP contribution in [0.1, 0.15) is 22.6 Å². The maximum Gasteiger partial charge on any atom is 0.269 e. The molecular weight excluding hydrogens is 226 g/mol. The molecule has 1 aliphatic carbocycles. The lowest BCUT2D eigenvalue weighted by Gasteiger charge is -2.00. The van der Waals surface area contributed by atoms with Gasteiger partial charge in [-0.3, -0.25) is 0 Å². The molecule has 0 spiro atoms. The topological polar surface area (TPSA) is 3.88 Å². The average molecular weight is 242 g/mol. The van der Waals surface area contributed by atoms with Crippen molar-refractivity contribution in [2.45, 2.75) is 19.8 Å². The van der Waals surface area contributed by atoms with E-state index in [4.69, 9.17) is 0 Å². The van der Waals surface area contributed by atoms with E-state index in [0.29, 0.717) is 0 Å². The molecule has 86 valence electrons. The van der Waals surface area contributed by atoms with Crippen molar-refractivity contribution in [3.63, 3.8) is 0 Å². The first-order valence-electron chi connectivity index (χ1n) is 6.01. The summed E-state index contributed by atoms with van der Waals surface area (Å²) in [5, 5.41) is 1.37. The molecule has 2 heteroatoms. The summed E-state index contributed by atoms with van der Waals surface area (Å²) in [6, 6.07) is 8.63. The molecule has 0 unspecified atom stereocenters. The molecule has 0 atom stereocenters. The minimum atomic E-state index is 1.18. The van der Waals surface area contributed by atoms with Gasteiger partial charge in [-0.15, -0.1) is 0 Å². The molecule has 0 aliphatic heterocycles. The summed E-state index contributed by atoms with van der Waals surface area (Å²) >= 11 is 1.94. The molecule has 17 heavy (non-hydrogen) atoms. The molecule has 1 nitrogen and oxygen atoms in total. The van der Waals surface area contributed by atoms with Gasteiger partial charge in [0.1, 0.15) is 7.05 Å². The number of thiazole rings is 1. The Kier molecular flexibility index (Phi) is 2.60. The Labute approximate surface area is 106 Å². The van der Waals surface area contributed by atoms with Crippen LogP contribution < -0.4 is 4.57 Å². The third-order valence-corrected chi connectivity index (χ3v) is 4.71. The van der Waals surface area contributed by atoms with Crippen LogP contribution in [0, 0.1) is 6.92 Å². The molecule has 0 bridgehead atoms.